The van der Waals surface area contributed by atoms with Gasteiger partial charge in [0.1, 0.15) is 6.61 Å². The molecule has 3 nitrogen and oxygen atoms in total. The highest BCUT2D eigenvalue weighted by Gasteiger charge is 2.07. The Morgan fingerprint density at radius 2 is 1.67 bits per heavy atom. The molecule has 5 heteroatoms. The van der Waals surface area contributed by atoms with E-state index in [0.29, 0.717) is 18.2 Å². The molecule has 0 aliphatic rings. The number of nitrogens with one attached hydrogen (secondary N) is 1. The summed E-state index contributed by atoms with van der Waals surface area (Å²) in [6, 6.07) is 20.1. The van der Waals surface area contributed by atoms with Crippen LogP contribution in [0.1, 0.15) is 16.7 Å². The second-order valence-corrected chi connectivity index (χ2v) is 7.50. The zero-order chi connectivity index (χ0) is 19.2. The molecule has 140 valence electrons. The number of ether oxygens (including phenoxy) is 2. The van der Waals surface area contributed by atoms with Gasteiger partial charge in [0.05, 0.1) is 12.1 Å². The van der Waals surface area contributed by atoms with Crippen molar-refractivity contribution in [2.75, 3.05) is 12.4 Å². The van der Waals surface area contributed by atoms with Gasteiger partial charge in [0.15, 0.2) is 11.5 Å². The van der Waals surface area contributed by atoms with E-state index < -0.39 is 0 Å². The molecule has 3 rings (SSSR count). The molecule has 0 atom stereocenters. The van der Waals surface area contributed by atoms with Gasteiger partial charge in [-0.05, 0) is 64.3 Å². The molecule has 3 aromatic rings. The lowest BCUT2D eigenvalue weighted by molar-refractivity contribution is 0.284. The van der Waals surface area contributed by atoms with E-state index in [9.17, 15) is 0 Å². The van der Waals surface area contributed by atoms with E-state index >= 15 is 0 Å². The number of halogens is 2. The lowest BCUT2D eigenvalue weighted by Crippen LogP contribution is -2.02. The first kappa shape index (κ1) is 19.6. The van der Waals surface area contributed by atoms with Crippen molar-refractivity contribution in [3.05, 3.63) is 86.8 Å². The van der Waals surface area contributed by atoms with E-state index in [-0.39, 0.29) is 0 Å². The molecule has 0 aliphatic heterocycles. The van der Waals surface area contributed by atoms with Crippen molar-refractivity contribution in [3.63, 3.8) is 0 Å². The fourth-order valence-corrected chi connectivity index (χ4v) is 3.02. The van der Waals surface area contributed by atoms with Crippen LogP contribution in [0.5, 0.6) is 11.5 Å². The first-order valence-electron chi connectivity index (χ1n) is 8.59. The molecule has 0 saturated heterocycles. The predicted molar refractivity (Wildman–Crippen MR) is 115 cm³/mol. The molecule has 3 aromatic carbocycles. The second kappa shape index (κ2) is 9.16. The van der Waals surface area contributed by atoms with E-state index in [4.69, 9.17) is 21.1 Å². The summed E-state index contributed by atoms with van der Waals surface area (Å²) in [6.07, 6.45) is 0. The smallest absolute Gasteiger partial charge is 0.161 e. The summed E-state index contributed by atoms with van der Waals surface area (Å²) in [5.41, 5.74) is 4.41. The second-order valence-electron chi connectivity index (χ2n) is 6.24. The van der Waals surface area contributed by atoms with Crippen LogP contribution >= 0.6 is 27.5 Å². The summed E-state index contributed by atoms with van der Waals surface area (Å²) in [5, 5.41) is 4.04. The lowest BCUT2D eigenvalue weighted by Gasteiger charge is -2.13. The quantitative estimate of drug-likeness (QED) is 0.443. The molecule has 0 unspecified atom stereocenters. The van der Waals surface area contributed by atoms with E-state index in [1.165, 1.54) is 5.56 Å². The third kappa shape index (κ3) is 5.41. The Balaban J connectivity index is 1.64. The zero-order valence-corrected chi connectivity index (χ0v) is 17.6. The first-order valence-corrected chi connectivity index (χ1v) is 9.76. The van der Waals surface area contributed by atoms with Crippen molar-refractivity contribution in [2.24, 2.45) is 0 Å². The maximum absolute atomic E-state index is 6.13. The summed E-state index contributed by atoms with van der Waals surface area (Å²) in [7, 11) is 1.65. The Hall–Kier alpha value is -2.17. The van der Waals surface area contributed by atoms with Gasteiger partial charge in [-0.15, -0.1) is 0 Å². The molecule has 27 heavy (non-hydrogen) atoms. The Labute approximate surface area is 173 Å². The van der Waals surface area contributed by atoms with E-state index in [1.807, 2.05) is 36.4 Å². The highest BCUT2D eigenvalue weighted by Crippen LogP contribution is 2.30. The predicted octanol–water partition coefficient (Wildman–Crippen LogP) is 6.61. The molecule has 0 saturated carbocycles. The van der Waals surface area contributed by atoms with Crippen molar-refractivity contribution in [1.29, 1.82) is 0 Å². The van der Waals surface area contributed by atoms with Crippen molar-refractivity contribution in [1.82, 2.24) is 0 Å². The molecular weight excluding hydrogens is 426 g/mol. The largest absolute Gasteiger partial charge is 0.493 e. The van der Waals surface area contributed by atoms with Gasteiger partial charge in [0, 0.05) is 16.7 Å². The molecule has 0 aromatic heterocycles. The van der Waals surface area contributed by atoms with E-state index in [2.05, 4.69) is 52.4 Å². The number of benzene rings is 3. The van der Waals surface area contributed by atoms with Crippen LogP contribution in [-0.2, 0) is 13.2 Å². The number of methoxy groups -OCH3 is 1. The van der Waals surface area contributed by atoms with Gasteiger partial charge in [-0.1, -0.05) is 47.5 Å². The van der Waals surface area contributed by atoms with Crippen molar-refractivity contribution < 1.29 is 9.47 Å². The average molecular weight is 447 g/mol. The minimum Gasteiger partial charge on any atom is -0.493 e. The summed E-state index contributed by atoms with van der Waals surface area (Å²) in [4.78, 5) is 0. The number of anilines is 1. The van der Waals surface area contributed by atoms with Crippen LogP contribution in [0.25, 0.3) is 0 Å². The summed E-state index contributed by atoms with van der Waals surface area (Å²) >= 11 is 9.53. The normalized spacial score (nSPS) is 10.5. The summed E-state index contributed by atoms with van der Waals surface area (Å²) < 4.78 is 12.3. The summed E-state index contributed by atoms with van der Waals surface area (Å²) in [5.74, 6) is 1.45. The highest BCUT2D eigenvalue weighted by atomic mass is 79.9. The van der Waals surface area contributed by atoms with Gasteiger partial charge in [-0.25, -0.2) is 0 Å². The van der Waals surface area contributed by atoms with Gasteiger partial charge in [-0.2, -0.15) is 0 Å². The van der Waals surface area contributed by atoms with Crippen LogP contribution in [0.3, 0.4) is 0 Å². The van der Waals surface area contributed by atoms with Gasteiger partial charge in [-0.3, -0.25) is 0 Å². The number of hydrogen-bond acceptors (Lipinski definition) is 3. The Morgan fingerprint density at radius 3 is 2.37 bits per heavy atom. The average Bonchev–Trinajstić information content (AvgIpc) is 2.68. The van der Waals surface area contributed by atoms with Crippen LogP contribution in [0.2, 0.25) is 5.02 Å². The fourth-order valence-electron chi connectivity index (χ4n) is 2.60. The highest BCUT2D eigenvalue weighted by molar-refractivity contribution is 9.10. The minimum absolute atomic E-state index is 0.506. The first-order chi connectivity index (χ1) is 13.0. The van der Waals surface area contributed by atoms with Gasteiger partial charge in [0.2, 0.25) is 0 Å². The van der Waals surface area contributed by atoms with E-state index in [0.717, 1.165) is 32.8 Å². The molecular formula is C22H21BrClNO2. The zero-order valence-electron chi connectivity index (χ0n) is 15.3. The van der Waals surface area contributed by atoms with Crippen LogP contribution < -0.4 is 14.8 Å². The molecule has 0 amide bonds. The lowest BCUT2D eigenvalue weighted by atomic mass is 10.1. The number of aryl methyl sites for hydroxylation is 1. The van der Waals surface area contributed by atoms with Gasteiger partial charge < -0.3 is 14.8 Å². The standard InChI is InChI=1S/C22H21BrClNO2/c1-15-3-5-16(6-4-15)14-27-21-10-7-17(11-22(21)26-2)13-25-18-8-9-19(23)20(24)12-18/h3-12,25H,13-14H2,1-2H3. The molecule has 0 heterocycles. The third-order valence-corrected chi connectivity index (χ3v) is 5.39. The monoisotopic (exact) mass is 445 g/mol. The molecule has 0 aliphatic carbocycles. The number of hydrogen-bond donors (Lipinski definition) is 1. The molecule has 0 spiro atoms. The Kier molecular flexibility index (Phi) is 6.64. The number of rotatable bonds is 7. The molecule has 0 bridgehead atoms. The van der Waals surface area contributed by atoms with Crippen LogP contribution in [0.15, 0.2) is 65.1 Å². The van der Waals surface area contributed by atoms with Crippen LogP contribution in [0, 0.1) is 6.92 Å². The van der Waals surface area contributed by atoms with Crippen molar-refractivity contribution >= 4 is 33.2 Å². The molecule has 1 N–H and O–H groups in total. The van der Waals surface area contributed by atoms with Crippen molar-refractivity contribution in [2.45, 2.75) is 20.1 Å². The van der Waals surface area contributed by atoms with Crippen LogP contribution in [-0.4, -0.2) is 7.11 Å². The third-order valence-electron chi connectivity index (χ3n) is 4.16. The van der Waals surface area contributed by atoms with Crippen molar-refractivity contribution in [3.8, 4) is 11.5 Å². The molecule has 0 radical (unpaired) electrons. The minimum atomic E-state index is 0.506. The summed E-state index contributed by atoms with van der Waals surface area (Å²) in [6.45, 7) is 3.24. The Morgan fingerprint density at radius 1 is 0.926 bits per heavy atom. The molecule has 0 fully saturated rings. The van der Waals surface area contributed by atoms with Crippen LogP contribution in [0.4, 0.5) is 5.69 Å². The maximum atomic E-state index is 6.13. The fraction of sp³-hybridized carbons (Fsp3) is 0.182. The topological polar surface area (TPSA) is 30.5 Å². The van der Waals surface area contributed by atoms with E-state index in [1.54, 1.807) is 7.11 Å². The maximum Gasteiger partial charge on any atom is 0.161 e. The SMILES string of the molecule is COc1cc(CNc2ccc(Br)c(Cl)c2)ccc1OCc1ccc(C)cc1. The Bertz CT molecular complexity index is 913. The van der Waals surface area contributed by atoms with Gasteiger partial charge in [0.25, 0.3) is 0 Å². The van der Waals surface area contributed by atoms with Gasteiger partial charge >= 0.3 is 0 Å².